The quantitative estimate of drug-likeness (QED) is 0.349. The molecule has 0 fully saturated rings. The Morgan fingerprint density at radius 3 is 1.48 bits per heavy atom. The molecule has 0 aliphatic heterocycles. The Labute approximate surface area is 141 Å². The second-order valence-electron chi connectivity index (χ2n) is 5.78. The van der Waals surface area contributed by atoms with E-state index in [0.717, 1.165) is 19.6 Å². The molecule has 23 heavy (non-hydrogen) atoms. The van der Waals surface area contributed by atoms with Crippen LogP contribution in [0.15, 0.2) is 4.99 Å². The fraction of sp³-hybridized carbons (Fsp3) is 0.833. The third-order valence-corrected chi connectivity index (χ3v) is 3.34. The van der Waals surface area contributed by atoms with Crippen molar-refractivity contribution in [2.24, 2.45) is 4.99 Å². The van der Waals surface area contributed by atoms with Crippen LogP contribution in [0.2, 0.25) is 0 Å². The summed E-state index contributed by atoms with van der Waals surface area (Å²) in [6.45, 7) is 4.00. The predicted octanol–water partition coefficient (Wildman–Crippen LogP) is 4.93. The van der Waals surface area contributed by atoms with Gasteiger partial charge in [-0.05, 0) is 6.42 Å². The van der Waals surface area contributed by atoms with Crippen molar-refractivity contribution in [1.82, 2.24) is 0 Å². The highest BCUT2D eigenvalue weighted by molar-refractivity contribution is 6.21. The first-order valence-corrected chi connectivity index (χ1v) is 8.93. The number of carboxylic acid groups (broad SMARTS) is 2. The molecule has 0 aromatic carbocycles. The number of rotatable bonds is 14. The maximum Gasteiger partial charge on any atom is 0.346 e. The Hall–Kier alpha value is -1.39. The predicted molar refractivity (Wildman–Crippen MR) is 95.4 cm³/mol. The summed E-state index contributed by atoms with van der Waals surface area (Å²) < 4.78 is 0. The van der Waals surface area contributed by atoms with Gasteiger partial charge >= 0.3 is 5.97 Å². The molecule has 0 aliphatic rings. The van der Waals surface area contributed by atoms with Gasteiger partial charge in [0.1, 0.15) is 6.21 Å². The summed E-state index contributed by atoms with van der Waals surface area (Å²) >= 11 is 0. The zero-order valence-electron chi connectivity index (χ0n) is 14.9. The molecule has 2 N–H and O–H groups in total. The zero-order valence-corrected chi connectivity index (χ0v) is 14.9. The first kappa shape index (κ1) is 23.9. The van der Waals surface area contributed by atoms with Crippen LogP contribution in [0.3, 0.4) is 0 Å². The highest BCUT2D eigenvalue weighted by Gasteiger charge is 1.93. The van der Waals surface area contributed by atoms with Gasteiger partial charge in [-0.1, -0.05) is 77.6 Å². The van der Waals surface area contributed by atoms with Crippen LogP contribution in [0.25, 0.3) is 0 Å². The molecule has 0 spiro atoms. The minimum Gasteiger partial charge on any atom is -0.481 e. The van der Waals surface area contributed by atoms with Crippen molar-refractivity contribution in [1.29, 1.82) is 0 Å². The van der Waals surface area contributed by atoms with Crippen molar-refractivity contribution in [2.45, 2.75) is 90.9 Å². The van der Waals surface area contributed by atoms with Gasteiger partial charge in [0, 0.05) is 13.5 Å². The molecule has 0 aromatic rings. The fourth-order valence-corrected chi connectivity index (χ4v) is 2.19. The van der Waals surface area contributed by atoms with Gasteiger partial charge in [0.05, 0.1) is 0 Å². The zero-order chi connectivity index (χ0) is 17.8. The first-order valence-electron chi connectivity index (χ1n) is 8.93. The Morgan fingerprint density at radius 2 is 1.13 bits per heavy atom. The summed E-state index contributed by atoms with van der Waals surface area (Å²) in [4.78, 5) is 23.0. The SMILES string of the molecule is CC(=O)O.CCCCCCCCCCCCCCN=CC(=O)O. The standard InChI is InChI=1S/C16H31NO2.C2H4O2/c1-2-3-4-5-6-7-8-9-10-11-12-13-14-17-15-16(18)19;1-2(3)4/h15H,2-14H2,1H3,(H,18,19);1H3,(H,3,4). The number of aliphatic carboxylic acids is 2. The van der Waals surface area contributed by atoms with E-state index in [1.807, 2.05) is 0 Å². The number of nitrogens with zero attached hydrogens (tertiary/aromatic N) is 1. The Bertz CT molecular complexity index is 299. The van der Waals surface area contributed by atoms with Crippen LogP contribution in [-0.2, 0) is 9.59 Å². The molecule has 0 saturated carbocycles. The molecule has 5 heteroatoms. The lowest BCUT2D eigenvalue weighted by Crippen LogP contribution is -1.96. The second kappa shape index (κ2) is 20.6. The van der Waals surface area contributed by atoms with Crippen molar-refractivity contribution in [3.05, 3.63) is 0 Å². The first-order chi connectivity index (χ1) is 11.0. The Morgan fingerprint density at radius 1 is 0.783 bits per heavy atom. The molecule has 0 rings (SSSR count). The van der Waals surface area contributed by atoms with E-state index in [9.17, 15) is 4.79 Å². The lowest BCUT2D eigenvalue weighted by molar-refractivity contribution is -0.134. The van der Waals surface area contributed by atoms with Crippen LogP contribution in [0.1, 0.15) is 90.9 Å². The monoisotopic (exact) mass is 329 g/mol. The van der Waals surface area contributed by atoms with Crippen LogP contribution in [0, 0.1) is 0 Å². The number of carbonyl (C=O) groups is 2. The van der Waals surface area contributed by atoms with Gasteiger partial charge in [-0.2, -0.15) is 0 Å². The Kier molecular flexibility index (Phi) is 21.4. The van der Waals surface area contributed by atoms with Crippen LogP contribution in [0.4, 0.5) is 0 Å². The summed E-state index contributed by atoms with van der Waals surface area (Å²) in [5.41, 5.74) is 0. The molecule has 0 radical (unpaired) electrons. The maximum absolute atomic E-state index is 10.2. The van der Waals surface area contributed by atoms with Crippen molar-refractivity contribution < 1.29 is 19.8 Å². The minimum atomic E-state index is -0.945. The van der Waals surface area contributed by atoms with E-state index in [1.165, 1.54) is 70.6 Å². The van der Waals surface area contributed by atoms with Gasteiger partial charge in [-0.3, -0.25) is 9.79 Å². The van der Waals surface area contributed by atoms with Crippen LogP contribution < -0.4 is 0 Å². The highest BCUT2D eigenvalue weighted by atomic mass is 16.4. The van der Waals surface area contributed by atoms with Crippen molar-refractivity contribution >= 4 is 18.2 Å². The fourth-order valence-electron chi connectivity index (χ4n) is 2.19. The van der Waals surface area contributed by atoms with Gasteiger partial charge in [0.15, 0.2) is 0 Å². The molecule has 0 atom stereocenters. The second-order valence-corrected chi connectivity index (χ2v) is 5.78. The van der Waals surface area contributed by atoms with Crippen molar-refractivity contribution in [3.63, 3.8) is 0 Å². The van der Waals surface area contributed by atoms with Gasteiger partial charge in [0.2, 0.25) is 0 Å². The number of hydrogen-bond donors (Lipinski definition) is 2. The molecular weight excluding hydrogens is 294 g/mol. The minimum absolute atomic E-state index is 0.656. The molecule has 0 aliphatic carbocycles. The molecule has 0 aromatic heterocycles. The van der Waals surface area contributed by atoms with Crippen LogP contribution in [0.5, 0.6) is 0 Å². The lowest BCUT2D eigenvalue weighted by atomic mass is 10.1. The average Bonchev–Trinajstić information content (AvgIpc) is 2.47. The number of carboxylic acids is 2. The summed E-state index contributed by atoms with van der Waals surface area (Å²) in [6.07, 6.45) is 16.8. The Balaban J connectivity index is 0. The van der Waals surface area contributed by atoms with E-state index in [2.05, 4.69) is 11.9 Å². The molecule has 0 unspecified atom stereocenters. The largest absolute Gasteiger partial charge is 0.481 e. The number of hydrogen-bond acceptors (Lipinski definition) is 3. The normalized spacial score (nSPS) is 10.3. The van der Waals surface area contributed by atoms with E-state index >= 15 is 0 Å². The van der Waals surface area contributed by atoms with Crippen LogP contribution >= 0.6 is 0 Å². The average molecular weight is 329 g/mol. The summed E-state index contributed by atoms with van der Waals surface area (Å²) in [7, 11) is 0. The van der Waals surface area contributed by atoms with E-state index < -0.39 is 11.9 Å². The van der Waals surface area contributed by atoms with Crippen molar-refractivity contribution in [2.75, 3.05) is 6.54 Å². The summed E-state index contributed by atoms with van der Waals surface area (Å²) in [5, 5.41) is 15.8. The third-order valence-electron chi connectivity index (χ3n) is 3.34. The molecule has 0 heterocycles. The van der Waals surface area contributed by atoms with Gasteiger partial charge < -0.3 is 10.2 Å². The molecule has 0 bridgehead atoms. The summed E-state index contributed by atoms with van der Waals surface area (Å²) in [6, 6.07) is 0. The molecule has 0 saturated heterocycles. The topological polar surface area (TPSA) is 87.0 Å². The molecule has 136 valence electrons. The molecule has 5 nitrogen and oxygen atoms in total. The van der Waals surface area contributed by atoms with Crippen molar-refractivity contribution in [3.8, 4) is 0 Å². The van der Waals surface area contributed by atoms with Gasteiger partial charge in [-0.25, -0.2) is 4.79 Å². The highest BCUT2D eigenvalue weighted by Crippen LogP contribution is 2.11. The number of aliphatic imine (C=N–C) groups is 1. The lowest BCUT2D eigenvalue weighted by Gasteiger charge is -2.02. The van der Waals surface area contributed by atoms with E-state index in [1.54, 1.807) is 0 Å². The maximum atomic E-state index is 10.2. The summed E-state index contributed by atoms with van der Waals surface area (Å²) in [5.74, 6) is -1.78. The third kappa shape index (κ3) is 33.4. The smallest absolute Gasteiger partial charge is 0.346 e. The van der Waals surface area contributed by atoms with Gasteiger partial charge in [0.25, 0.3) is 5.97 Å². The van der Waals surface area contributed by atoms with Gasteiger partial charge in [-0.15, -0.1) is 0 Å². The number of unbranched alkanes of at least 4 members (excludes halogenated alkanes) is 11. The molecule has 0 amide bonds. The van der Waals surface area contributed by atoms with Crippen LogP contribution in [-0.4, -0.2) is 34.9 Å². The van der Waals surface area contributed by atoms with E-state index in [-0.39, 0.29) is 0 Å². The molecular formula is C18H35NO4. The van der Waals surface area contributed by atoms with E-state index in [0.29, 0.717) is 6.54 Å². The van der Waals surface area contributed by atoms with E-state index in [4.69, 9.17) is 15.0 Å².